The first kappa shape index (κ1) is 49.1. The molecule has 0 aromatic rings. The van der Waals surface area contributed by atoms with Crippen molar-refractivity contribution >= 4 is 41.3 Å². The summed E-state index contributed by atoms with van der Waals surface area (Å²) in [6.07, 6.45) is 0. The second-order valence-corrected chi connectivity index (χ2v) is 0. The van der Waals surface area contributed by atoms with E-state index in [4.69, 9.17) is 0 Å². The molecule has 0 N–H and O–H groups in total. The van der Waals surface area contributed by atoms with Crippen LogP contribution in [0.2, 0.25) is 0 Å². The van der Waals surface area contributed by atoms with Gasteiger partial charge in [0, 0.05) is 87.0 Å². The maximum atomic E-state index is 0. The van der Waals surface area contributed by atoms with Gasteiger partial charge in [-0.25, -0.2) is 0 Å². The molecule has 0 saturated heterocycles. The first-order chi connectivity index (χ1) is 0. The van der Waals surface area contributed by atoms with Gasteiger partial charge in [0.2, 0.25) is 0 Å². The fourth-order valence-electron chi connectivity index (χ4n) is 0. The van der Waals surface area contributed by atoms with E-state index in [1.165, 1.54) is 0 Å². The van der Waals surface area contributed by atoms with E-state index in [9.17, 15) is 0 Å². The molecule has 0 nitrogen and oxygen atoms in total. The Morgan fingerprint density at radius 3 is 1.00 bits per heavy atom. The summed E-state index contributed by atoms with van der Waals surface area (Å²) in [7, 11) is 0. The van der Waals surface area contributed by atoms with Crippen LogP contribution in [0.4, 0.5) is 0 Å². The number of hydrogen-bond acceptors (Lipinski definition) is 0. The first-order valence-corrected chi connectivity index (χ1v) is 0. The van der Waals surface area contributed by atoms with Gasteiger partial charge >= 0.3 is 23.9 Å². The Balaban J connectivity index is 0. The van der Waals surface area contributed by atoms with Gasteiger partial charge in [0.1, 0.15) is 0 Å². The molecule has 3 radical (unpaired) electrons. The SMILES string of the molecule is [AlH3].[Cr].[Mo].[Nb].[SnH2].[Zr]. The molecule has 6 heavy (non-hydrogen) atoms. The minimum Gasteiger partial charge on any atom is 0 e. The molecule has 0 bridgehead atoms. The summed E-state index contributed by atoms with van der Waals surface area (Å²) in [5.41, 5.74) is 0. The Kier molecular flexibility index (Phi) is 288. The van der Waals surface area contributed by atoms with Gasteiger partial charge in [-0.3, -0.25) is 0 Å². The maximum Gasteiger partial charge on any atom is 0 e. The van der Waals surface area contributed by atoms with Crippen molar-refractivity contribution < 1.29 is 87.0 Å². The molecular formula is H5AlCrMoNbSnZr. The average Bonchev–Trinajstić information content (AvgIpc) is 0. The van der Waals surface area contributed by atoms with Gasteiger partial charge in [-0.2, -0.15) is 0 Å². The largest absolute Gasteiger partial charge is 0 e. The van der Waals surface area contributed by atoms with Crippen molar-refractivity contribution in [3.8, 4) is 0 Å². The predicted molar refractivity (Wildman–Crippen MR) is 18.5 cm³/mol. The van der Waals surface area contributed by atoms with Crippen LogP contribution in [0.25, 0.3) is 0 Å². The molecule has 0 unspecified atom stereocenters. The molecule has 0 fully saturated rings. The van der Waals surface area contributed by atoms with Crippen LogP contribution in [-0.4, -0.2) is 41.3 Å². The van der Waals surface area contributed by atoms with Crippen LogP contribution >= 0.6 is 0 Å². The fraction of sp³-hybridized carbons (Fsp3) is 0. The summed E-state index contributed by atoms with van der Waals surface area (Å²) in [5, 5.41) is 0. The average molecular weight is 483 g/mol. The van der Waals surface area contributed by atoms with Gasteiger partial charge in [-0.05, 0) is 0 Å². The van der Waals surface area contributed by atoms with Crippen LogP contribution in [0.15, 0.2) is 0 Å². The third kappa shape index (κ3) is 24.1. The third-order valence-electron chi connectivity index (χ3n) is 0. The Hall–Kier alpha value is 4.18. The van der Waals surface area contributed by atoms with Crippen LogP contribution in [0.1, 0.15) is 0 Å². The van der Waals surface area contributed by atoms with E-state index in [1.54, 1.807) is 0 Å². The molecule has 0 amide bonds. The van der Waals surface area contributed by atoms with Gasteiger partial charge in [0.15, 0.2) is 17.4 Å². The van der Waals surface area contributed by atoms with Crippen molar-refractivity contribution in [1.82, 2.24) is 0 Å². The molecule has 0 aliphatic carbocycles. The standard InChI is InChI=1S/Al.Cr.Mo.Nb.Sn.Zr.5H. The van der Waals surface area contributed by atoms with Crippen LogP contribution in [-0.2, 0) is 87.0 Å². The third-order valence-corrected chi connectivity index (χ3v) is 0. The Bertz CT molecular complexity index is 15.5. The molecule has 0 rings (SSSR count). The maximum absolute atomic E-state index is 0. The minimum atomic E-state index is 0. The summed E-state index contributed by atoms with van der Waals surface area (Å²) < 4.78 is 0. The zero-order valence-electron chi connectivity index (χ0n) is 2.47. The molecule has 0 atom stereocenters. The van der Waals surface area contributed by atoms with Gasteiger partial charge in [0.05, 0.1) is 0 Å². The molecule has 0 aromatic carbocycles. The predicted octanol–water partition coefficient (Wildman–Crippen LogP) is -2.11. The second-order valence-electron chi connectivity index (χ2n) is 0. The quantitative estimate of drug-likeness (QED) is 0.347. The molecule has 0 saturated carbocycles. The van der Waals surface area contributed by atoms with Crippen LogP contribution in [0.5, 0.6) is 0 Å². The van der Waals surface area contributed by atoms with Crippen molar-refractivity contribution in [2.24, 2.45) is 0 Å². The zero-order valence-corrected chi connectivity index (χ0v) is 14.4. The van der Waals surface area contributed by atoms with Crippen LogP contribution < -0.4 is 0 Å². The van der Waals surface area contributed by atoms with Gasteiger partial charge in [-0.1, -0.05) is 0 Å². The minimum absolute atomic E-state index is 0. The van der Waals surface area contributed by atoms with Crippen molar-refractivity contribution in [1.29, 1.82) is 0 Å². The molecule has 6 heteroatoms. The van der Waals surface area contributed by atoms with Crippen LogP contribution in [0.3, 0.4) is 0 Å². The number of rotatable bonds is 0. The zero-order chi connectivity index (χ0) is 0. The molecule has 33 valence electrons. The molecule has 0 aliphatic heterocycles. The van der Waals surface area contributed by atoms with E-state index in [-0.39, 0.29) is 128 Å². The van der Waals surface area contributed by atoms with E-state index in [0.717, 1.165) is 0 Å². The van der Waals surface area contributed by atoms with Crippen molar-refractivity contribution in [3.05, 3.63) is 0 Å². The Morgan fingerprint density at radius 1 is 1.00 bits per heavy atom. The second kappa shape index (κ2) is 35.2. The van der Waals surface area contributed by atoms with E-state index in [2.05, 4.69) is 0 Å². The van der Waals surface area contributed by atoms with E-state index in [1.807, 2.05) is 0 Å². The smallest absolute Gasteiger partial charge is 0 e. The molecule has 0 spiro atoms. The van der Waals surface area contributed by atoms with E-state index >= 15 is 0 Å². The summed E-state index contributed by atoms with van der Waals surface area (Å²) in [5.74, 6) is 0. The summed E-state index contributed by atoms with van der Waals surface area (Å²) in [6, 6.07) is 0. The van der Waals surface area contributed by atoms with Gasteiger partial charge in [0.25, 0.3) is 0 Å². The van der Waals surface area contributed by atoms with Crippen molar-refractivity contribution in [3.63, 3.8) is 0 Å². The topological polar surface area (TPSA) is 0 Å². The normalized spacial score (nSPS) is 0. The first-order valence-electron chi connectivity index (χ1n) is 0. The molecule has 0 aliphatic rings. The monoisotopic (exact) mass is 485 g/mol. The van der Waals surface area contributed by atoms with Crippen molar-refractivity contribution in [2.45, 2.75) is 0 Å². The Morgan fingerprint density at radius 2 is 1.00 bits per heavy atom. The van der Waals surface area contributed by atoms with Gasteiger partial charge in [-0.15, -0.1) is 0 Å². The van der Waals surface area contributed by atoms with Crippen molar-refractivity contribution in [2.75, 3.05) is 0 Å². The number of hydrogen-bond donors (Lipinski definition) is 0. The van der Waals surface area contributed by atoms with E-state index < -0.39 is 0 Å². The van der Waals surface area contributed by atoms with Crippen LogP contribution in [0, 0.1) is 0 Å². The molecule has 0 heterocycles. The Labute approximate surface area is 125 Å². The summed E-state index contributed by atoms with van der Waals surface area (Å²) in [4.78, 5) is 0. The van der Waals surface area contributed by atoms with E-state index in [0.29, 0.717) is 0 Å². The fourth-order valence-corrected chi connectivity index (χ4v) is 0. The molecule has 0 aromatic heterocycles. The van der Waals surface area contributed by atoms with Gasteiger partial charge < -0.3 is 0 Å². The molecular weight excluding hydrogens is 478 g/mol. The summed E-state index contributed by atoms with van der Waals surface area (Å²) >= 11 is 0. The summed E-state index contributed by atoms with van der Waals surface area (Å²) in [6.45, 7) is 0.